The van der Waals surface area contributed by atoms with Gasteiger partial charge in [0, 0.05) is 30.0 Å². The molecule has 0 bridgehead atoms. The van der Waals surface area contributed by atoms with E-state index in [1.807, 2.05) is 20.8 Å². The van der Waals surface area contributed by atoms with E-state index in [2.05, 4.69) is 10.5 Å². The first kappa shape index (κ1) is 16.0. The first-order valence-corrected chi connectivity index (χ1v) is 7.86. The first-order chi connectivity index (χ1) is 10.0. The summed E-state index contributed by atoms with van der Waals surface area (Å²) in [6.07, 6.45) is 4.88. The Bertz CT molecular complexity index is 464. The van der Waals surface area contributed by atoms with Crippen molar-refractivity contribution in [3.8, 4) is 0 Å². The smallest absolute Gasteiger partial charge is 0.223 e. The Balaban J connectivity index is 1.93. The molecule has 0 spiro atoms. The average molecular weight is 294 g/mol. The summed E-state index contributed by atoms with van der Waals surface area (Å²) in [5.74, 6) is 0.926. The first-order valence-electron chi connectivity index (χ1n) is 7.86. The molecule has 3 atom stereocenters. The highest BCUT2D eigenvalue weighted by atomic mass is 16.5. The van der Waals surface area contributed by atoms with Gasteiger partial charge in [-0.25, -0.2) is 0 Å². The average Bonchev–Trinajstić information content (AvgIpc) is 2.79. The topological polar surface area (TPSA) is 75.4 Å². The Morgan fingerprint density at radius 2 is 2.14 bits per heavy atom. The van der Waals surface area contributed by atoms with Crippen molar-refractivity contribution in [1.82, 2.24) is 10.5 Å². The molecule has 1 aliphatic rings. The molecule has 1 saturated carbocycles. The maximum absolute atomic E-state index is 12.4. The summed E-state index contributed by atoms with van der Waals surface area (Å²) in [7, 11) is 0. The van der Waals surface area contributed by atoms with Crippen LogP contribution in [-0.2, 0) is 11.2 Å². The lowest BCUT2D eigenvalue weighted by atomic mass is 9.84. The van der Waals surface area contributed by atoms with Crippen molar-refractivity contribution in [3.05, 3.63) is 17.0 Å². The molecule has 118 valence electrons. The van der Waals surface area contributed by atoms with Crippen LogP contribution in [0, 0.1) is 25.7 Å². The van der Waals surface area contributed by atoms with Crippen molar-refractivity contribution in [2.45, 2.75) is 58.9 Å². The summed E-state index contributed by atoms with van der Waals surface area (Å²) in [4.78, 5) is 12.4. The van der Waals surface area contributed by atoms with E-state index in [4.69, 9.17) is 4.52 Å². The summed E-state index contributed by atoms with van der Waals surface area (Å²) >= 11 is 0. The lowest BCUT2D eigenvalue weighted by molar-refractivity contribution is -0.126. The molecule has 3 unspecified atom stereocenters. The predicted octanol–water partition coefficient (Wildman–Crippen LogP) is 2.14. The monoisotopic (exact) mass is 294 g/mol. The highest BCUT2D eigenvalue weighted by Crippen LogP contribution is 2.24. The zero-order chi connectivity index (χ0) is 15.4. The van der Waals surface area contributed by atoms with Crippen LogP contribution < -0.4 is 5.32 Å². The number of amides is 1. The molecule has 2 rings (SSSR count). The molecule has 1 aliphatic carbocycles. The van der Waals surface area contributed by atoms with Crippen LogP contribution in [0.25, 0.3) is 0 Å². The SMILES string of the molecule is Cc1noc(C)c1CC(C)C(=O)NC1CCCCC1CO. The van der Waals surface area contributed by atoms with E-state index in [1.54, 1.807) is 0 Å². The van der Waals surface area contributed by atoms with E-state index in [1.165, 1.54) is 0 Å². The van der Waals surface area contributed by atoms with E-state index < -0.39 is 0 Å². The maximum Gasteiger partial charge on any atom is 0.223 e. The molecule has 0 radical (unpaired) electrons. The van der Waals surface area contributed by atoms with E-state index in [0.717, 1.165) is 42.7 Å². The number of carbonyl (C=O) groups excluding carboxylic acids is 1. The molecular weight excluding hydrogens is 268 g/mol. The predicted molar refractivity (Wildman–Crippen MR) is 79.8 cm³/mol. The van der Waals surface area contributed by atoms with Gasteiger partial charge >= 0.3 is 0 Å². The molecule has 5 heteroatoms. The fourth-order valence-electron chi connectivity index (χ4n) is 3.13. The molecule has 2 N–H and O–H groups in total. The van der Waals surface area contributed by atoms with Crippen LogP contribution in [0.1, 0.15) is 49.6 Å². The van der Waals surface area contributed by atoms with Crippen molar-refractivity contribution >= 4 is 5.91 Å². The maximum atomic E-state index is 12.4. The van der Waals surface area contributed by atoms with Gasteiger partial charge in [-0.15, -0.1) is 0 Å². The van der Waals surface area contributed by atoms with Crippen molar-refractivity contribution < 1.29 is 14.4 Å². The molecule has 0 aliphatic heterocycles. The Labute approximate surface area is 126 Å². The van der Waals surface area contributed by atoms with Gasteiger partial charge in [0.15, 0.2) is 0 Å². The number of hydrogen-bond donors (Lipinski definition) is 2. The van der Waals surface area contributed by atoms with E-state index in [9.17, 15) is 9.90 Å². The van der Waals surface area contributed by atoms with E-state index in [0.29, 0.717) is 6.42 Å². The fourth-order valence-corrected chi connectivity index (χ4v) is 3.13. The number of aliphatic hydroxyl groups excluding tert-OH is 1. The van der Waals surface area contributed by atoms with Crippen LogP contribution >= 0.6 is 0 Å². The Morgan fingerprint density at radius 3 is 2.76 bits per heavy atom. The second-order valence-corrected chi connectivity index (χ2v) is 6.25. The van der Waals surface area contributed by atoms with Crippen LogP contribution in [0.5, 0.6) is 0 Å². The minimum atomic E-state index is -0.122. The number of rotatable bonds is 5. The fraction of sp³-hybridized carbons (Fsp3) is 0.750. The van der Waals surface area contributed by atoms with Gasteiger partial charge in [-0.1, -0.05) is 24.9 Å². The number of carbonyl (C=O) groups is 1. The van der Waals surface area contributed by atoms with Crippen molar-refractivity contribution in [2.75, 3.05) is 6.61 Å². The Kier molecular flexibility index (Phi) is 5.39. The number of hydrogen-bond acceptors (Lipinski definition) is 4. The normalized spacial score (nSPS) is 23.8. The molecule has 1 aromatic heterocycles. The van der Waals surface area contributed by atoms with E-state index in [-0.39, 0.29) is 30.4 Å². The van der Waals surface area contributed by atoms with Crippen LogP contribution in [-0.4, -0.2) is 28.8 Å². The van der Waals surface area contributed by atoms with Gasteiger partial charge in [-0.05, 0) is 33.1 Å². The van der Waals surface area contributed by atoms with Crippen molar-refractivity contribution in [1.29, 1.82) is 0 Å². The summed E-state index contributed by atoms with van der Waals surface area (Å²) in [6.45, 7) is 5.86. The molecule has 0 saturated heterocycles. The number of aryl methyl sites for hydroxylation is 2. The summed E-state index contributed by atoms with van der Waals surface area (Å²) < 4.78 is 5.15. The van der Waals surface area contributed by atoms with Crippen LogP contribution in [0.3, 0.4) is 0 Å². The quantitative estimate of drug-likeness (QED) is 0.872. The molecular formula is C16H26N2O3. The van der Waals surface area contributed by atoms with Gasteiger partial charge in [-0.3, -0.25) is 4.79 Å². The third-order valence-corrected chi connectivity index (χ3v) is 4.61. The van der Waals surface area contributed by atoms with Crippen LogP contribution in [0.15, 0.2) is 4.52 Å². The van der Waals surface area contributed by atoms with Crippen molar-refractivity contribution in [2.24, 2.45) is 11.8 Å². The lowest BCUT2D eigenvalue weighted by Gasteiger charge is -2.31. The molecule has 0 aromatic carbocycles. The van der Waals surface area contributed by atoms with Gasteiger partial charge in [0.2, 0.25) is 5.91 Å². The second kappa shape index (κ2) is 7.07. The van der Waals surface area contributed by atoms with Crippen LogP contribution in [0.4, 0.5) is 0 Å². The standard InChI is InChI=1S/C16H26N2O3/c1-10(8-14-11(2)18-21-12(14)3)16(20)17-15-7-5-4-6-13(15)9-19/h10,13,15,19H,4-9H2,1-3H3,(H,17,20). The largest absolute Gasteiger partial charge is 0.396 e. The number of nitrogens with one attached hydrogen (secondary N) is 1. The molecule has 1 fully saturated rings. The number of nitrogens with zero attached hydrogens (tertiary/aromatic N) is 1. The van der Waals surface area contributed by atoms with Gasteiger partial charge in [0.1, 0.15) is 5.76 Å². The van der Waals surface area contributed by atoms with Crippen LogP contribution in [0.2, 0.25) is 0 Å². The van der Waals surface area contributed by atoms with Gasteiger partial charge in [0.05, 0.1) is 5.69 Å². The minimum Gasteiger partial charge on any atom is -0.396 e. The Morgan fingerprint density at radius 1 is 1.43 bits per heavy atom. The zero-order valence-corrected chi connectivity index (χ0v) is 13.2. The van der Waals surface area contributed by atoms with Gasteiger partial charge in [-0.2, -0.15) is 0 Å². The Hall–Kier alpha value is -1.36. The molecule has 1 heterocycles. The number of aromatic nitrogens is 1. The minimum absolute atomic E-state index is 0.0559. The van der Waals surface area contributed by atoms with E-state index >= 15 is 0 Å². The second-order valence-electron chi connectivity index (χ2n) is 6.25. The number of aliphatic hydroxyl groups is 1. The molecule has 1 amide bonds. The van der Waals surface area contributed by atoms with Crippen molar-refractivity contribution in [3.63, 3.8) is 0 Å². The summed E-state index contributed by atoms with van der Waals surface area (Å²) in [5.41, 5.74) is 1.89. The zero-order valence-electron chi connectivity index (χ0n) is 13.2. The van der Waals surface area contributed by atoms with Gasteiger partial charge < -0.3 is 14.9 Å². The third kappa shape index (κ3) is 3.84. The summed E-state index contributed by atoms with van der Waals surface area (Å²) in [6, 6.07) is 0.114. The molecule has 21 heavy (non-hydrogen) atoms. The highest BCUT2D eigenvalue weighted by molar-refractivity contribution is 5.79. The lowest BCUT2D eigenvalue weighted by Crippen LogP contribution is -2.45. The highest BCUT2D eigenvalue weighted by Gasteiger charge is 2.27. The molecule has 5 nitrogen and oxygen atoms in total. The van der Waals surface area contributed by atoms with Gasteiger partial charge in [0.25, 0.3) is 0 Å². The summed E-state index contributed by atoms with van der Waals surface area (Å²) in [5, 5.41) is 16.5. The molecule has 1 aromatic rings. The third-order valence-electron chi connectivity index (χ3n) is 4.61.